The normalized spacial score (nSPS) is 11.1. The molecule has 0 spiro atoms. The molecule has 4 rings (SSSR count). The first-order valence-electron chi connectivity index (χ1n) is 13.2. The van der Waals surface area contributed by atoms with E-state index in [-0.39, 0.29) is 11.5 Å². The SMILES string of the molecule is CNC(=O)c1ccc(CN(CCCCCOc2ccc3c(ccc(=O)n3C)c2)CCc2cccnc2)cc1. The van der Waals surface area contributed by atoms with Gasteiger partial charge in [0, 0.05) is 56.6 Å². The Labute approximate surface area is 224 Å². The Morgan fingerprint density at radius 1 is 0.974 bits per heavy atom. The Morgan fingerprint density at radius 3 is 2.58 bits per heavy atom. The summed E-state index contributed by atoms with van der Waals surface area (Å²) in [5.41, 5.74) is 3.99. The number of nitrogens with one attached hydrogen (secondary N) is 1. The largest absolute Gasteiger partial charge is 0.494 e. The van der Waals surface area contributed by atoms with Gasteiger partial charge in [0.2, 0.25) is 0 Å². The minimum Gasteiger partial charge on any atom is -0.494 e. The van der Waals surface area contributed by atoms with E-state index >= 15 is 0 Å². The smallest absolute Gasteiger partial charge is 0.251 e. The van der Waals surface area contributed by atoms with Crippen LogP contribution in [0.2, 0.25) is 0 Å². The highest BCUT2D eigenvalue weighted by Crippen LogP contribution is 2.20. The van der Waals surface area contributed by atoms with Crippen LogP contribution in [0.1, 0.15) is 40.7 Å². The molecule has 0 saturated heterocycles. The van der Waals surface area contributed by atoms with E-state index in [0.717, 1.165) is 62.0 Å². The Hall–Kier alpha value is -3.97. The summed E-state index contributed by atoms with van der Waals surface area (Å²) in [7, 11) is 3.43. The second-order valence-electron chi connectivity index (χ2n) is 9.52. The van der Waals surface area contributed by atoms with Crippen molar-refractivity contribution in [2.75, 3.05) is 26.7 Å². The van der Waals surface area contributed by atoms with Gasteiger partial charge in [0.25, 0.3) is 11.5 Å². The van der Waals surface area contributed by atoms with Crippen LogP contribution >= 0.6 is 0 Å². The molecule has 4 aromatic rings. The van der Waals surface area contributed by atoms with Gasteiger partial charge in [-0.1, -0.05) is 18.2 Å². The van der Waals surface area contributed by atoms with Crippen molar-refractivity contribution in [3.63, 3.8) is 0 Å². The van der Waals surface area contributed by atoms with Crippen molar-refractivity contribution < 1.29 is 9.53 Å². The first-order chi connectivity index (χ1) is 18.5. The predicted octanol–water partition coefficient (Wildman–Crippen LogP) is 4.59. The number of carbonyl (C=O) groups excluding carboxylic acids is 1. The van der Waals surface area contributed by atoms with Crippen LogP contribution in [-0.2, 0) is 20.0 Å². The third-order valence-corrected chi connectivity index (χ3v) is 6.77. The van der Waals surface area contributed by atoms with Crippen LogP contribution in [0.3, 0.4) is 0 Å². The summed E-state index contributed by atoms with van der Waals surface area (Å²) < 4.78 is 7.64. The van der Waals surface area contributed by atoms with E-state index in [2.05, 4.69) is 21.3 Å². The molecule has 0 saturated carbocycles. The summed E-state index contributed by atoms with van der Waals surface area (Å²) in [4.78, 5) is 30.4. The van der Waals surface area contributed by atoms with Crippen LogP contribution in [0.4, 0.5) is 0 Å². The maximum Gasteiger partial charge on any atom is 0.251 e. The molecule has 7 heteroatoms. The van der Waals surface area contributed by atoms with E-state index in [1.165, 1.54) is 11.1 Å². The number of nitrogens with zero attached hydrogens (tertiary/aromatic N) is 3. The van der Waals surface area contributed by atoms with Crippen molar-refractivity contribution in [1.82, 2.24) is 19.8 Å². The second-order valence-corrected chi connectivity index (χ2v) is 9.52. The number of fused-ring (bicyclic) bond motifs is 1. The molecule has 2 heterocycles. The molecule has 1 N–H and O–H groups in total. The molecule has 7 nitrogen and oxygen atoms in total. The van der Waals surface area contributed by atoms with Crippen molar-refractivity contribution in [2.24, 2.45) is 7.05 Å². The lowest BCUT2D eigenvalue weighted by Gasteiger charge is -2.22. The summed E-state index contributed by atoms with van der Waals surface area (Å²) >= 11 is 0. The van der Waals surface area contributed by atoms with Crippen LogP contribution in [-0.4, -0.2) is 47.1 Å². The molecule has 38 heavy (non-hydrogen) atoms. The Morgan fingerprint density at radius 2 is 1.82 bits per heavy atom. The van der Waals surface area contributed by atoms with E-state index in [4.69, 9.17) is 4.74 Å². The lowest BCUT2D eigenvalue weighted by atomic mass is 10.1. The summed E-state index contributed by atoms with van der Waals surface area (Å²) in [6.07, 6.45) is 7.80. The monoisotopic (exact) mass is 512 g/mol. The van der Waals surface area contributed by atoms with E-state index in [1.807, 2.05) is 60.8 Å². The fourth-order valence-electron chi connectivity index (χ4n) is 4.52. The average Bonchev–Trinajstić information content (AvgIpc) is 2.96. The molecule has 0 aliphatic carbocycles. The quantitative estimate of drug-likeness (QED) is 0.265. The van der Waals surface area contributed by atoms with Crippen LogP contribution in [0, 0.1) is 0 Å². The highest BCUT2D eigenvalue weighted by atomic mass is 16.5. The lowest BCUT2D eigenvalue weighted by Crippen LogP contribution is -2.27. The number of carbonyl (C=O) groups is 1. The molecule has 198 valence electrons. The predicted molar refractivity (Wildman–Crippen MR) is 152 cm³/mol. The molecule has 0 aliphatic rings. The van der Waals surface area contributed by atoms with E-state index in [0.29, 0.717) is 12.2 Å². The van der Waals surface area contributed by atoms with Crippen LogP contribution in [0.5, 0.6) is 5.75 Å². The van der Waals surface area contributed by atoms with Gasteiger partial charge in [0.1, 0.15) is 5.75 Å². The summed E-state index contributed by atoms with van der Waals surface area (Å²) in [5, 5.41) is 3.67. The highest BCUT2D eigenvalue weighted by molar-refractivity contribution is 5.93. The molecule has 0 bridgehead atoms. The number of pyridine rings is 2. The molecule has 0 atom stereocenters. The van der Waals surface area contributed by atoms with Gasteiger partial charge in [-0.2, -0.15) is 0 Å². The van der Waals surface area contributed by atoms with E-state index in [1.54, 1.807) is 30.9 Å². The summed E-state index contributed by atoms with van der Waals surface area (Å²) in [6.45, 7) is 3.43. The summed E-state index contributed by atoms with van der Waals surface area (Å²) in [5.74, 6) is 0.760. The lowest BCUT2D eigenvalue weighted by molar-refractivity contribution is 0.0963. The maximum atomic E-state index is 11.9. The Kier molecular flexibility index (Phi) is 9.65. The third-order valence-electron chi connectivity index (χ3n) is 6.77. The molecule has 2 aromatic carbocycles. The number of hydrogen-bond acceptors (Lipinski definition) is 5. The van der Waals surface area contributed by atoms with Gasteiger partial charge in [-0.3, -0.25) is 19.5 Å². The van der Waals surface area contributed by atoms with Gasteiger partial charge < -0.3 is 14.6 Å². The first kappa shape index (κ1) is 27.1. The van der Waals surface area contributed by atoms with Gasteiger partial charge in [-0.25, -0.2) is 0 Å². The van der Waals surface area contributed by atoms with Crippen molar-refractivity contribution in [2.45, 2.75) is 32.2 Å². The van der Waals surface area contributed by atoms with Gasteiger partial charge in [-0.05, 0) is 85.8 Å². The number of aryl methyl sites for hydroxylation is 1. The van der Waals surface area contributed by atoms with Gasteiger partial charge in [0.05, 0.1) is 12.1 Å². The molecule has 0 aliphatic heterocycles. The standard InChI is InChI=1S/C31H36N4O3/c1-32-31(37)26-10-8-25(9-11-26)23-35(19-16-24-7-6-17-33-22-24)18-4-3-5-20-38-28-13-14-29-27(21-28)12-15-30(36)34(29)2/h6-15,17,21-22H,3-5,16,18-20,23H2,1-2H3,(H,32,37). The topological polar surface area (TPSA) is 76.5 Å². The molecule has 0 radical (unpaired) electrons. The van der Waals surface area contributed by atoms with Crippen molar-refractivity contribution in [1.29, 1.82) is 0 Å². The fraction of sp³-hybridized carbons (Fsp3) is 0.323. The molecule has 0 unspecified atom stereocenters. The number of benzene rings is 2. The van der Waals surface area contributed by atoms with Crippen molar-refractivity contribution in [3.8, 4) is 5.75 Å². The van der Waals surface area contributed by atoms with Gasteiger partial charge in [-0.15, -0.1) is 0 Å². The van der Waals surface area contributed by atoms with Crippen LogP contribution in [0.25, 0.3) is 10.9 Å². The van der Waals surface area contributed by atoms with Crippen molar-refractivity contribution in [3.05, 3.63) is 106 Å². The second kappa shape index (κ2) is 13.5. The number of unbranched alkanes of at least 4 members (excludes halogenated alkanes) is 2. The molecule has 1 amide bonds. The minimum atomic E-state index is -0.0681. The van der Waals surface area contributed by atoms with Crippen molar-refractivity contribution >= 4 is 16.8 Å². The number of rotatable bonds is 13. The van der Waals surface area contributed by atoms with Gasteiger partial charge in [0.15, 0.2) is 0 Å². The van der Waals surface area contributed by atoms with E-state index < -0.39 is 0 Å². The van der Waals surface area contributed by atoms with E-state index in [9.17, 15) is 9.59 Å². The zero-order valence-corrected chi connectivity index (χ0v) is 22.2. The van der Waals surface area contributed by atoms with Crippen LogP contribution < -0.4 is 15.6 Å². The average molecular weight is 513 g/mol. The highest BCUT2D eigenvalue weighted by Gasteiger charge is 2.09. The Bertz CT molecular complexity index is 1380. The molecular weight excluding hydrogens is 476 g/mol. The number of ether oxygens (including phenoxy) is 1. The van der Waals surface area contributed by atoms with Gasteiger partial charge >= 0.3 is 0 Å². The molecule has 0 fully saturated rings. The number of aromatic nitrogens is 2. The maximum absolute atomic E-state index is 11.9. The fourth-order valence-corrected chi connectivity index (χ4v) is 4.52. The number of hydrogen-bond donors (Lipinski definition) is 1. The Balaban J connectivity index is 1.26. The minimum absolute atomic E-state index is 0.0124. The number of amides is 1. The zero-order valence-electron chi connectivity index (χ0n) is 22.2. The first-order valence-corrected chi connectivity index (χ1v) is 13.2. The zero-order chi connectivity index (χ0) is 26.7. The van der Waals surface area contributed by atoms with Crippen LogP contribution in [0.15, 0.2) is 83.9 Å². The molecule has 2 aromatic heterocycles. The summed E-state index contributed by atoms with van der Waals surface area (Å²) in [6, 6.07) is 21.2. The molecular formula is C31H36N4O3. The third kappa shape index (κ3) is 7.52.